The molecule has 0 amide bonds. The van der Waals surface area contributed by atoms with Crippen LogP contribution in [-0.4, -0.2) is 19.3 Å². The van der Waals surface area contributed by atoms with E-state index in [0.29, 0.717) is 29.4 Å². The van der Waals surface area contributed by atoms with Gasteiger partial charge < -0.3 is 14.8 Å². The van der Waals surface area contributed by atoms with Crippen molar-refractivity contribution in [1.82, 2.24) is 5.32 Å². The number of hydrogen-bond donors (Lipinski definition) is 1. The first-order chi connectivity index (χ1) is 8.93. The largest absolute Gasteiger partial charge is 0.490 e. The van der Waals surface area contributed by atoms with Gasteiger partial charge >= 0.3 is 6.61 Å². The molecule has 1 rings (SSSR count). The average molecular weight is 338 g/mol. The quantitative estimate of drug-likeness (QED) is 0.817. The Morgan fingerprint density at radius 2 is 2.00 bits per heavy atom. The first-order valence-electron chi connectivity index (χ1n) is 6.07. The lowest BCUT2D eigenvalue weighted by Gasteiger charge is -2.15. The van der Waals surface area contributed by atoms with Gasteiger partial charge in [-0.25, -0.2) is 0 Å². The van der Waals surface area contributed by atoms with Gasteiger partial charge in [-0.3, -0.25) is 0 Å². The third-order valence-corrected chi connectivity index (χ3v) is 2.88. The molecule has 0 saturated carbocycles. The zero-order chi connectivity index (χ0) is 14.4. The van der Waals surface area contributed by atoms with Gasteiger partial charge in [-0.1, -0.05) is 13.8 Å². The summed E-state index contributed by atoms with van der Waals surface area (Å²) >= 11 is 3.24. The highest BCUT2D eigenvalue weighted by Crippen LogP contribution is 2.37. The van der Waals surface area contributed by atoms with E-state index in [1.165, 1.54) is 0 Å². The van der Waals surface area contributed by atoms with Crippen LogP contribution in [0.25, 0.3) is 0 Å². The molecule has 1 N–H and O–H groups in total. The molecule has 0 saturated heterocycles. The van der Waals surface area contributed by atoms with Crippen molar-refractivity contribution >= 4 is 15.9 Å². The molecule has 0 atom stereocenters. The summed E-state index contributed by atoms with van der Waals surface area (Å²) in [6, 6.07) is 3.79. The number of alkyl halides is 2. The Balaban J connectivity index is 2.99. The molecule has 0 spiro atoms. The fourth-order valence-corrected chi connectivity index (χ4v) is 2.09. The van der Waals surface area contributed by atoms with Crippen molar-refractivity contribution in [3.63, 3.8) is 0 Å². The van der Waals surface area contributed by atoms with E-state index in [2.05, 4.69) is 26.0 Å². The van der Waals surface area contributed by atoms with Gasteiger partial charge in [-0.15, -0.1) is 0 Å². The predicted octanol–water partition coefficient (Wildman–Crippen LogP) is 3.95. The minimum absolute atomic E-state index is 0.0325. The van der Waals surface area contributed by atoms with Crippen molar-refractivity contribution in [3.05, 3.63) is 22.2 Å². The molecule has 1 aromatic rings. The minimum atomic E-state index is -2.88. The second kappa shape index (κ2) is 7.65. The summed E-state index contributed by atoms with van der Waals surface area (Å²) in [5.74, 6) is 0.350. The smallest absolute Gasteiger partial charge is 0.387 e. The van der Waals surface area contributed by atoms with Gasteiger partial charge in [0, 0.05) is 12.6 Å². The van der Waals surface area contributed by atoms with E-state index in [1.807, 2.05) is 13.8 Å². The van der Waals surface area contributed by atoms with Gasteiger partial charge in [-0.2, -0.15) is 8.78 Å². The van der Waals surface area contributed by atoms with Crippen LogP contribution in [-0.2, 0) is 6.54 Å². The molecule has 0 fully saturated rings. The fraction of sp³-hybridized carbons (Fsp3) is 0.538. The van der Waals surface area contributed by atoms with Crippen LogP contribution in [0.4, 0.5) is 8.78 Å². The lowest BCUT2D eigenvalue weighted by molar-refractivity contribution is -0.0519. The van der Waals surface area contributed by atoms with E-state index in [-0.39, 0.29) is 5.75 Å². The SMILES string of the molecule is CCOc1cc(CNC(C)C)cc(Br)c1OC(F)F. The number of halogens is 3. The predicted molar refractivity (Wildman–Crippen MR) is 73.9 cm³/mol. The van der Waals surface area contributed by atoms with Crippen LogP contribution in [0.15, 0.2) is 16.6 Å². The Bertz CT molecular complexity index is 414. The van der Waals surface area contributed by atoms with Crippen molar-refractivity contribution in [1.29, 1.82) is 0 Å². The second-order valence-corrected chi connectivity index (χ2v) is 5.11. The molecule has 0 aromatic heterocycles. The van der Waals surface area contributed by atoms with E-state index in [1.54, 1.807) is 19.1 Å². The van der Waals surface area contributed by atoms with E-state index >= 15 is 0 Å². The lowest BCUT2D eigenvalue weighted by Crippen LogP contribution is -2.21. The summed E-state index contributed by atoms with van der Waals surface area (Å²) in [6.45, 7) is 3.99. The molecule has 0 aliphatic heterocycles. The van der Waals surface area contributed by atoms with Crippen molar-refractivity contribution < 1.29 is 18.3 Å². The highest BCUT2D eigenvalue weighted by Gasteiger charge is 2.16. The van der Waals surface area contributed by atoms with Crippen LogP contribution in [0, 0.1) is 0 Å². The second-order valence-electron chi connectivity index (χ2n) is 4.25. The first kappa shape index (κ1) is 16.2. The molecule has 108 valence electrons. The molecule has 0 radical (unpaired) electrons. The van der Waals surface area contributed by atoms with Crippen molar-refractivity contribution in [2.45, 2.75) is 40.0 Å². The van der Waals surface area contributed by atoms with Gasteiger partial charge in [0.25, 0.3) is 0 Å². The number of benzene rings is 1. The zero-order valence-corrected chi connectivity index (χ0v) is 12.8. The van der Waals surface area contributed by atoms with Crippen LogP contribution >= 0.6 is 15.9 Å². The van der Waals surface area contributed by atoms with Gasteiger partial charge in [0.2, 0.25) is 0 Å². The highest BCUT2D eigenvalue weighted by molar-refractivity contribution is 9.10. The van der Waals surface area contributed by atoms with E-state index in [0.717, 1.165) is 5.56 Å². The van der Waals surface area contributed by atoms with Crippen molar-refractivity contribution in [3.8, 4) is 11.5 Å². The molecule has 0 heterocycles. The fourth-order valence-electron chi connectivity index (χ4n) is 1.51. The van der Waals surface area contributed by atoms with Gasteiger partial charge in [0.05, 0.1) is 11.1 Å². The molecule has 19 heavy (non-hydrogen) atoms. The van der Waals surface area contributed by atoms with Crippen LogP contribution in [0.2, 0.25) is 0 Å². The van der Waals surface area contributed by atoms with Crippen molar-refractivity contribution in [2.75, 3.05) is 6.61 Å². The van der Waals surface area contributed by atoms with Crippen LogP contribution in [0.3, 0.4) is 0 Å². The molecule has 6 heteroatoms. The van der Waals surface area contributed by atoms with E-state index in [4.69, 9.17) is 4.74 Å². The number of hydrogen-bond acceptors (Lipinski definition) is 3. The van der Waals surface area contributed by atoms with Gasteiger partial charge in [0.1, 0.15) is 0 Å². The van der Waals surface area contributed by atoms with E-state index in [9.17, 15) is 8.78 Å². The van der Waals surface area contributed by atoms with Crippen LogP contribution in [0.5, 0.6) is 11.5 Å². The summed E-state index contributed by atoms with van der Waals surface area (Å²) in [4.78, 5) is 0. The van der Waals surface area contributed by atoms with Crippen molar-refractivity contribution in [2.24, 2.45) is 0 Å². The highest BCUT2D eigenvalue weighted by atomic mass is 79.9. The Morgan fingerprint density at radius 1 is 1.32 bits per heavy atom. The van der Waals surface area contributed by atoms with Gasteiger partial charge in [0.15, 0.2) is 11.5 Å². The molecular weight excluding hydrogens is 320 g/mol. The summed E-state index contributed by atoms with van der Waals surface area (Å²) in [6.07, 6.45) is 0. The number of rotatable bonds is 7. The van der Waals surface area contributed by atoms with Crippen LogP contribution in [0.1, 0.15) is 26.3 Å². The standard InChI is InChI=1S/C13H18BrF2NO2/c1-4-18-11-6-9(7-17-8(2)3)5-10(14)12(11)19-13(15)16/h5-6,8,13,17H,4,7H2,1-3H3. The Morgan fingerprint density at radius 3 is 2.53 bits per heavy atom. The summed E-state index contributed by atoms with van der Waals surface area (Å²) in [5, 5.41) is 3.25. The monoisotopic (exact) mass is 337 g/mol. The van der Waals surface area contributed by atoms with E-state index < -0.39 is 6.61 Å². The third kappa shape index (κ3) is 5.32. The normalized spacial score (nSPS) is 11.2. The third-order valence-electron chi connectivity index (χ3n) is 2.29. The Labute approximate surface area is 120 Å². The number of nitrogens with one attached hydrogen (secondary N) is 1. The molecule has 0 bridgehead atoms. The Hall–Kier alpha value is -0.880. The molecule has 1 aromatic carbocycles. The molecule has 0 aliphatic rings. The molecule has 0 aliphatic carbocycles. The lowest BCUT2D eigenvalue weighted by atomic mass is 10.2. The maximum atomic E-state index is 12.4. The zero-order valence-electron chi connectivity index (χ0n) is 11.2. The maximum absolute atomic E-state index is 12.4. The summed E-state index contributed by atoms with van der Waals surface area (Å²) < 4.78 is 35.0. The average Bonchev–Trinajstić information content (AvgIpc) is 2.31. The molecule has 3 nitrogen and oxygen atoms in total. The molecule has 0 unspecified atom stereocenters. The maximum Gasteiger partial charge on any atom is 0.387 e. The number of ether oxygens (including phenoxy) is 2. The minimum Gasteiger partial charge on any atom is -0.490 e. The van der Waals surface area contributed by atoms with Gasteiger partial charge in [-0.05, 0) is 40.5 Å². The topological polar surface area (TPSA) is 30.5 Å². The Kier molecular flexibility index (Phi) is 6.51. The summed E-state index contributed by atoms with van der Waals surface area (Å²) in [5.41, 5.74) is 0.936. The van der Waals surface area contributed by atoms with Crippen LogP contribution < -0.4 is 14.8 Å². The molecular formula is C13H18BrF2NO2. The summed E-state index contributed by atoms with van der Waals surface area (Å²) in [7, 11) is 0. The first-order valence-corrected chi connectivity index (χ1v) is 6.86.